The van der Waals surface area contributed by atoms with E-state index in [4.69, 9.17) is 16.3 Å². The van der Waals surface area contributed by atoms with Gasteiger partial charge in [0.05, 0.1) is 11.6 Å². The molecule has 0 amide bonds. The van der Waals surface area contributed by atoms with Crippen molar-refractivity contribution in [2.45, 2.75) is 25.9 Å². The number of hydrogen-bond donors (Lipinski definition) is 1. The van der Waals surface area contributed by atoms with E-state index in [2.05, 4.69) is 29.8 Å². The summed E-state index contributed by atoms with van der Waals surface area (Å²) in [6.45, 7) is 4.28. The average Bonchev–Trinajstić information content (AvgIpc) is 2.46. The molecule has 1 unspecified atom stereocenters. The van der Waals surface area contributed by atoms with Crippen LogP contribution < -0.4 is 4.74 Å². The number of rotatable bonds is 4. The van der Waals surface area contributed by atoms with Crippen LogP contribution in [0.2, 0.25) is 5.02 Å². The molecule has 0 aliphatic carbocycles. The van der Waals surface area contributed by atoms with Gasteiger partial charge in [0, 0.05) is 10.6 Å². The minimum atomic E-state index is -0.781. The first-order valence-corrected chi connectivity index (χ1v) is 7.92. The van der Waals surface area contributed by atoms with Crippen LogP contribution in [0.15, 0.2) is 40.9 Å². The van der Waals surface area contributed by atoms with E-state index in [1.165, 1.54) is 5.56 Å². The second-order valence-corrected chi connectivity index (χ2v) is 6.52. The van der Waals surface area contributed by atoms with Gasteiger partial charge in [-0.05, 0) is 45.1 Å². The second kappa shape index (κ2) is 6.82. The Labute approximate surface area is 138 Å². The highest BCUT2D eigenvalue weighted by molar-refractivity contribution is 9.10. The van der Waals surface area contributed by atoms with Crippen molar-refractivity contribution >= 4 is 27.5 Å². The predicted molar refractivity (Wildman–Crippen MR) is 90.3 cm³/mol. The predicted octanol–water partition coefficient (Wildman–Crippen LogP) is 5.32. The zero-order chi connectivity index (χ0) is 15.6. The van der Waals surface area contributed by atoms with E-state index in [1.807, 2.05) is 24.3 Å². The molecule has 0 aliphatic rings. The summed E-state index contributed by atoms with van der Waals surface area (Å²) in [5, 5.41) is 11.2. The summed E-state index contributed by atoms with van der Waals surface area (Å²) in [6.07, 6.45) is -0.781. The topological polar surface area (TPSA) is 29.5 Å². The van der Waals surface area contributed by atoms with Crippen LogP contribution in [0.25, 0.3) is 0 Å². The number of aliphatic hydroxyl groups excluding tert-OH is 1. The molecule has 21 heavy (non-hydrogen) atoms. The SMILES string of the molecule is COc1c(Br)cc(Cl)cc1C(O)c1ccc(C(C)C)cc1. The molecule has 4 heteroatoms. The molecule has 1 N–H and O–H groups in total. The molecule has 0 radical (unpaired) electrons. The smallest absolute Gasteiger partial charge is 0.139 e. The van der Waals surface area contributed by atoms with Gasteiger partial charge in [-0.2, -0.15) is 0 Å². The minimum Gasteiger partial charge on any atom is -0.495 e. The average molecular weight is 370 g/mol. The van der Waals surface area contributed by atoms with Gasteiger partial charge in [0.25, 0.3) is 0 Å². The molecule has 2 aromatic rings. The molecule has 2 nitrogen and oxygen atoms in total. The van der Waals surface area contributed by atoms with Crippen LogP contribution in [0.4, 0.5) is 0 Å². The van der Waals surface area contributed by atoms with E-state index in [9.17, 15) is 5.11 Å². The first-order valence-electron chi connectivity index (χ1n) is 6.75. The number of ether oxygens (including phenoxy) is 1. The normalized spacial score (nSPS) is 12.5. The summed E-state index contributed by atoms with van der Waals surface area (Å²) in [4.78, 5) is 0. The van der Waals surface area contributed by atoms with Gasteiger partial charge in [-0.3, -0.25) is 0 Å². The Morgan fingerprint density at radius 1 is 1.10 bits per heavy atom. The van der Waals surface area contributed by atoms with Crippen LogP contribution in [0.3, 0.4) is 0 Å². The number of aliphatic hydroxyl groups is 1. The molecule has 2 rings (SSSR count). The zero-order valence-electron chi connectivity index (χ0n) is 12.2. The Hall–Kier alpha value is -1.03. The number of hydrogen-bond acceptors (Lipinski definition) is 2. The lowest BCUT2D eigenvalue weighted by Crippen LogP contribution is -2.03. The van der Waals surface area contributed by atoms with Gasteiger partial charge < -0.3 is 9.84 Å². The molecule has 0 aromatic heterocycles. The van der Waals surface area contributed by atoms with Crippen molar-refractivity contribution in [3.8, 4) is 5.75 Å². The quantitative estimate of drug-likeness (QED) is 0.790. The molecule has 0 heterocycles. The molecule has 112 valence electrons. The third-order valence-corrected chi connectivity index (χ3v) is 4.26. The van der Waals surface area contributed by atoms with E-state index in [-0.39, 0.29) is 0 Å². The van der Waals surface area contributed by atoms with Gasteiger partial charge in [-0.1, -0.05) is 49.7 Å². The van der Waals surface area contributed by atoms with Crippen LogP contribution in [-0.4, -0.2) is 12.2 Å². The van der Waals surface area contributed by atoms with Gasteiger partial charge in [0.2, 0.25) is 0 Å². The van der Waals surface area contributed by atoms with E-state index < -0.39 is 6.10 Å². The van der Waals surface area contributed by atoms with Gasteiger partial charge in [0.15, 0.2) is 0 Å². The van der Waals surface area contributed by atoms with Crippen molar-refractivity contribution in [3.05, 3.63) is 62.6 Å². The highest BCUT2D eigenvalue weighted by Gasteiger charge is 2.19. The second-order valence-electron chi connectivity index (χ2n) is 5.23. The fourth-order valence-corrected chi connectivity index (χ4v) is 3.24. The van der Waals surface area contributed by atoms with E-state index in [1.54, 1.807) is 19.2 Å². The number of benzene rings is 2. The standard InChI is InChI=1S/C17H18BrClO2/c1-10(2)11-4-6-12(7-5-11)16(20)14-8-13(19)9-15(18)17(14)21-3/h4-10,16,20H,1-3H3. The van der Waals surface area contributed by atoms with Crippen molar-refractivity contribution in [2.75, 3.05) is 7.11 Å². The Balaban J connectivity index is 2.41. The number of methoxy groups -OCH3 is 1. The molecule has 0 spiro atoms. The monoisotopic (exact) mass is 368 g/mol. The lowest BCUT2D eigenvalue weighted by molar-refractivity contribution is 0.214. The maximum Gasteiger partial charge on any atom is 0.139 e. The van der Waals surface area contributed by atoms with Gasteiger partial charge in [-0.15, -0.1) is 0 Å². The number of halogens is 2. The summed E-state index contributed by atoms with van der Waals surface area (Å²) in [6, 6.07) is 11.4. The Morgan fingerprint density at radius 2 is 1.67 bits per heavy atom. The molecule has 0 aliphatic heterocycles. The van der Waals surface area contributed by atoms with Crippen LogP contribution >= 0.6 is 27.5 Å². The first-order chi connectivity index (χ1) is 9.93. The van der Waals surface area contributed by atoms with Crippen molar-refractivity contribution in [3.63, 3.8) is 0 Å². The van der Waals surface area contributed by atoms with Crippen LogP contribution in [-0.2, 0) is 0 Å². The molecule has 1 atom stereocenters. The fraction of sp³-hybridized carbons (Fsp3) is 0.294. The Kier molecular flexibility index (Phi) is 5.31. The summed E-state index contributed by atoms with van der Waals surface area (Å²) in [7, 11) is 1.58. The maximum absolute atomic E-state index is 10.6. The third kappa shape index (κ3) is 3.60. The van der Waals surface area contributed by atoms with Crippen LogP contribution in [0, 0.1) is 0 Å². The molecule has 0 bridgehead atoms. The first kappa shape index (κ1) is 16.3. The van der Waals surface area contributed by atoms with Crippen molar-refractivity contribution in [1.82, 2.24) is 0 Å². The van der Waals surface area contributed by atoms with Gasteiger partial charge in [-0.25, -0.2) is 0 Å². The summed E-state index contributed by atoms with van der Waals surface area (Å²) < 4.78 is 6.10. The Bertz CT molecular complexity index is 623. The third-order valence-electron chi connectivity index (χ3n) is 3.45. The van der Waals surface area contributed by atoms with E-state index in [0.717, 1.165) is 10.0 Å². The molecule has 0 saturated heterocycles. The molecule has 0 saturated carbocycles. The fourth-order valence-electron chi connectivity index (χ4n) is 2.24. The van der Waals surface area contributed by atoms with Crippen LogP contribution in [0.5, 0.6) is 5.75 Å². The summed E-state index contributed by atoms with van der Waals surface area (Å²) in [5.41, 5.74) is 2.70. The van der Waals surface area contributed by atoms with Crippen molar-refractivity contribution < 1.29 is 9.84 Å². The van der Waals surface area contributed by atoms with Gasteiger partial charge >= 0.3 is 0 Å². The van der Waals surface area contributed by atoms with Crippen molar-refractivity contribution in [2.24, 2.45) is 0 Å². The largest absolute Gasteiger partial charge is 0.495 e. The summed E-state index contributed by atoms with van der Waals surface area (Å²) in [5.74, 6) is 1.06. The van der Waals surface area contributed by atoms with Gasteiger partial charge in [0.1, 0.15) is 11.9 Å². The van der Waals surface area contributed by atoms with Crippen molar-refractivity contribution in [1.29, 1.82) is 0 Å². The molecule has 0 fully saturated rings. The highest BCUT2D eigenvalue weighted by atomic mass is 79.9. The maximum atomic E-state index is 10.6. The Morgan fingerprint density at radius 3 is 2.19 bits per heavy atom. The molecular formula is C17H18BrClO2. The van der Waals surface area contributed by atoms with Crippen LogP contribution in [0.1, 0.15) is 42.6 Å². The minimum absolute atomic E-state index is 0.464. The van der Waals surface area contributed by atoms with E-state index in [0.29, 0.717) is 22.3 Å². The molecule has 2 aromatic carbocycles. The highest BCUT2D eigenvalue weighted by Crippen LogP contribution is 2.38. The lowest BCUT2D eigenvalue weighted by Gasteiger charge is -2.17. The van der Waals surface area contributed by atoms with E-state index >= 15 is 0 Å². The molecular weight excluding hydrogens is 352 g/mol. The summed E-state index contributed by atoms with van der Waals surface area (Å²) >= 11 is 9.49. The zero-order valence-corrected chi connectivity index (χ0v) is 14.6. The lowest BCUT2D eigenvalue weighted by atomic mass is 9.96.